The summed E-state index contributed by atoms with van der Waals surface area (Å²) < 4.78 is 5.24. The van der Waals surface area contributed by atoms with Crippen LogP contribution in [0.1, 0.15) is 36.0 Å². The van der Waals surface area contributed by atoms with Gasteiger partial charge in [-0.05, 0) is 31.7 Å². The van der Waals surface area contributed by atoms with Crippen molar-refractivity contribution in [2.24, 2.45) is 0 Å². The molecule has 0 radical (unpaired) electrons. The Labute approximate surface area is 160 Å². The van der Waals surface area contributed by atoms with Crippen molar-refractivity contribution in [2.45, 2.75) is 37.8 Å². The topological polar surface area (TPSA) is 67.6 Å². The standard InChI is InChI=1S/C16H22ClN3O2.2ClH/c1-22-15-9-14(18)13(17)8-12(15)16(21)19-10-4-6-20(7-5-10)11-2-3-11;;/h8-11H,2-7,18H2,1H3,(H,19,21);2*1H. The fraction of sp³-hybridized carbons (Fsp3) is 0.562. The van der Waals surface area contributed by atoms with E-state index in [0.29, 0.717) is 22.0 Å². The van der Waals surface area contributed by atoms with Gasteiger partial charge in [0.05, 0.1) is 23.4 Å². The predicted molar refractivity (Wildman–Crippen MR) is 102 cm³/mol. The van der Waals surface area contributed by atoms with Gasteiger partial charge in [-0.25, -0.2) is 0 Å². The molecule has 0 unspecified atom stereocenters. The highest BCUT2D eigenvalue weighted by atomic mass is 35.5. The number of piperidine rings is 1. The second kappa shape index (κ2) is 8.99. The minimum absolute atomic E-state index is 0. The number of nitrogen functional groups attached to an aromatic ring is 1. The summed E-state index contributed by atoms with van der Waals surface area (Å²) >= 11 is 6.02. The molecule has 0 atom stereocenters. The Bertz CT molecular complexity index is 574. The molecule has 0 spiro atoms. The van der Waals surface area contributed by atoms with Gasteiger partial charge in [-0.2, -0.15) is 0 Å². The lowest BCUT2D eigenvalue weighted by atomic mass is 10.0. The monoisotopic (exact) mass is 395 g/mol. The molecule has 5 nitrogen and oxygen atoms in total. The fourth-order valence-corrected chi connectivity index (χ4v) is 3.19. The number of hydrogen-bond donors (Lipinski definition) is 2. The fourth-order valence-electron chi connectivity index (χ4n) is 3.03. The van der Waals surface area contributed by atoms with Crippen LogP contribution >= 0.6 is 36.4 Å². The van der Waals surface area contributed by atoms with Crippen LogP contribution < -0.4 is 15.8 Å². The first-order valence-corrected chi connectivity index (χ1v) is 8.14. The van der Waals surface area contributed by atoms with E-state index >= 15 is 0 Å². The zero-order valence-electron chi connectivity index (χ0n) is 13.6. The molecule has 3 N–H and O–H groups in total. The molecule has 1 saturated heterocycles. The van der Waals surface area contributed by atoms with E-state index in [0.717, 1.165) is 32.0 Å². The molecule has 2 fully saturated rings. The van der Waals surface area contributed by atoms with Gasteiger partial charge in [0.25, 0.3) is 5.91 Å². The van der Waals surface area contributed by atoms with Gasteiger partial charge in [0.15, 0.2) is 0 Å². The Balaban J connectivity index is 0.00000144. The van der Waals surface area contributed by atoms with E-state index in [-0.39, 0.29) is 36.8 Å². The van der Waals surface area contributed by atoms with E-state index in [4.69, 9.17) is 22.1 Å². The second-order valence-corrected chi connectivity index (χ2v) is 6.50. The van der Waals surface area contributed by atoms with Crippen molar-refractivity contribution in [2.75, 3.05) is 25.9 Å². The van der Waals surface area contributed by atoms with Crippen LogP contribution in [0.15, 0.2) is 12.1 Å². The van der Waals surface area contributed by atoms with E-state index in [1.54, 1.807) is 12.1 Å². The summed E-state index contributed by atoms with van der Waals surface area (Å²) in [7, 11) is 1.52. The molecule has 1 aromatic carbocycles. The van der Waals surface area contributed by atoms with Crippen molar-refractivity contribution in [3.05, 3.63) is 22.7 Å². The Hall–Kier alpha value is -0.880. The molecule has 1 amide bonds. The summed E-state index contributed by atoms with van der Waals surface area (Å²) in [6.07, 6.45) is 4.65. The molecule has 8 heteroatoms. The number of anilines is 1. The zero-order valence-corrected chi connectivity index (χ0v) is 16.0. The Morgan fingerprint density at radius 2 is 1.88 bits per heavy atom. The minimum atomic E-state index is -0.149. The molecule has 1 aliphatic heterocycles. The van der Waals surface area contributed by atoms with Crippen LogP contribution in [0.3, 0.4) is 0 Å². The third-order valence-electron chi connectivity index (χ3n) is 4.49. The smallest absolute Gasteiger partial charge is 0.255 e. The number of carbonyl (C=O) groups excluding carboxylic acids is 1. The van der Waals surface area contributed by atoms with E-state index in [2.05, 4.69) is 10.2 Å². The Kier molecular flexibility index (Phi) is 7.93. The maximum absolute atomic E-state index is 12.5. The molecule has 24 heavy (non-hydrogen) atoms. The van der Waals surface area contributed by atoms with Crippen LogP contribution in [0.5, 0.6) is 5.75 Å². The number of nitrogens with one attached hydrogen (secondary N) is 1. The van der Waals surface area contributed by atoms with Crippen LogP contribution in [-0.2, 0) is 0 Å². The van der Waals surface area contributed by atoms with Crippen molar-refractivity contribution in [1.29, 1.82) is 0 Å². The molecular formula is C16H24Cl3N3O2. The van der Waals surface area contributed by atoms with Crippen LogP contribution in [-0.4, -0.2) is 43.1 Å². The molecule has 2 aliphatic rings. The summed E-state index contributed by atoms with van der Waals surface area (Å²) in [5.74, 6) is 0.304. The van der Waals surface area contributed by atoms with Gasteiger partial charge in [-0.3, -0.25) is 4.79 Å². The predicted octanol–water partition coefficient (Wildman–Crippen LogP) is 3.13. The van der Waals surface area contributed by atoms with E-state index in [9.17, 15) is 4.79 Å². The van der Waals surface area contributed by atoms with Gasteiger partial charge in [0.1, 0.15) is 5.75 Å². The second-order valence-electron chi connectivity index (χ2n) is 6.09. The molecule has 0 aromatic heterocycles. The SMILES string of the molecule is COc1cc(N)c(Cl)cc1C(=O)NC1CCN(C2CC2)CC1.Cl.Cl. The van der Waals surface area contributed by atoms with E-state index in [1.807, 2.05) is 0 Å². The Morgan fingerprint density at radius 3 is 2.42 bits per heavy atom. The molecular weight excluding hydrogens is 373 g/mol. The highest BCUT2D eigenvalue weighted by Crippen LogP contribution is 2.30. The zero-order chi connectivity index (χ0) is 15.7. The number of rotatable bonds is 4. The van der Waals surface area contributed by atoms with Gasteiger partial charge >= 0.3 is 0 Å². The van der Waals surface area contributed by atoms with Gasteiger partial charge in [-0.15, -0.1) is 24.8 Å². The summed E-state index contributed by atoms with van der Waals surface area (Å²) in [5, 5.41) is 3.46. The number of hydrogen-bond acceptors (Lipinski definition) is 4. The van der Waals surface area contributed by atoms with Crippen LogP contribution in [0.4, 0.5) is 5.69 Å². The van der Waals surface area contributed by atoms with Crippen LogP contribution in [0.2, 0.25) is 5.02 Å². The van der Waals surface area contributed by atoms with Crippen molar-refractivity contribution in [1.82, 2.24) is 10.2 Å². The molecule has 0 bridgehead atoms. The van der Waals surface area contributed by atoms with Gasteiger partial charge in [-0.1, -0.05) is 11.6 Å². The summed E-state index contributed by atoms with van der Waals surface area (Å²) in [6, 6.07) is 4.17. The van der Waals surface area contributed by atoms with Crippen molar-refractivity contribution < 1.29 is 9.53 Å². The van der Waals surface area contributed by atoms with Gasteiger partial charge < -0.3 is 20.7 Å². The molecule has 1 aliphatic carbocycles. The summed E-state index contributed by atoms with van der Waals surface area (Å²) in [5.41, 5.74) is 6.60. The molecule has 136 valence electrons. The molecule has 3 rings (SSSR count). The number of methoxy groups -OCH3 is 1. The number of halogens is 3. The largest absolute Gasteiger partial charge is 0.496 e. The molecule has 1 saturated carbocycles. The lowest BCUT2D eigenvalue weighted by Crippen LogP contribution is -2.45. The molecule has 1 aromatic rings. The summed E-state index contributed by atoms with van der Waals surface area (Å²) in [6.45, 7) is 2.13. The number of likely N-dealkylation sites (tertiary alicyclic amines) is 1. The van der Waals surface area contributed by atoms with E-state index < -0.39 is 0 Å². The van der Waals surface area contributed by atoms with Crippen molar-refractivity contribution in [3.63, 3.8) is 0 Å². The number of carbonyl (C=O) groups is 1. The van der Waals surface area contributed by atoms with Gasteiger partial charge in [0, 0.05) is 31.2 Å². The average molecular weight is 397 g/mol. The van der Waals surface area contributed by atoms with Crippen LogP contribution in [0.25, 0.3) is 0 Å². The maximum Gasteiger partial charge on any atom is 0.255 e. The third kappa shape index (κ3) is 4.82. The van der Waals surface area contributed by atoms with Crippen molar-refractivity contribution >= 4 is 48.0 Å². The first kappa shape index (κ1) is 21.2. The number of nitrogens with two attached hydrogens (primary N) is 1. The minimum Gasteiger partial charge on any atom is -0.496 e. The maximum atomic E-state index is 12.5. The number of amides is 1. The summed E-state index contributed by atoms with van der Waals surface area (Å²) in [4.78, 5) is 15.0. The number of ether oxygens (including phenoxy) is 1. The van der Waals surface area contributed by atoms with Gasteiger partial charge in [0.2, 0.25) is 0 Å². The quantitative estimate of drug-likeness (QED) is 0.767. The third-order valence-corrected chi connectivity index (χ3v) is 4.82. The highest BCUT2D eigenvalue weighted by Gasteiger charge is 2.32. The van der Waals surface area contributed by atoms with Crippen LogP contribution in [0, 0.1) is 0 Å². The lowest BCUT2D eigenvalue weighted by molar-refractivity contribution is 0.0906. The van der Waals surface area contributed by atoms with E-state index in [1.165, 1.54) is 20.0 Å². The molecule has 1 heterocycles. The average Bonchev–Trinajstić information content (AvgIpc) is 3.35. The van der Waals surface area contributed by atoms with Crippen molar-refractivity contribution in [3.8, 4) is 5.75 Å². The number of benzene rings is 1. The first-order chi connectivity index (χ1) is 10.6. The normalized spacial score (nSPS) is 18.2. The highest BCUT2D eigenvalue weighted by molar-refractivity contribution is 6.33. The lowest BCUT2D eigenvalue weighted by Gasteiger charge is -2.32. The first-order valence-electron chi connectivity index (χ1n) is 7.76. The Morgan fingerprint density at radius 1 is 1.25 bits per heavy atom. The number of nitrogens with zero attached hydrogens (tertiary/aromatic N) is 1.